The summed E-state index contributed by atoms with van der Waals surface area (Å²) in [6.07, 6.45) is 2.04. The Labute approximate surface area is 220 Å². The predicted molar refractivity (Wildman–Crippen MR) is 147 cm³/mol. The van der Waals surface area contributed by atoms with Crippen molar-refractivity contribution in [2.24, 2.45) is 0 Å². The highest BCUT2D eigenvalue weighted by Gasteiger charge is 2.36. The SMILES string of the molecule is Cc1ccccc1NC(=O)N1Cc2c(C)nn(-c3ccccc3)c2-n2cccc2C1c1ccc(Cl)cc1. The molecule has 3 heterocycles. The molecule has 2 aromatic heterocycles. The molecule has 3 aromatic carbocycles. The number of nitrogens with zero attached hydrogens (tertiary/aromatic N) is 4. The van der Waals surface area contributed by atoms with E-state index in [-0.39, 0.29) is 12.1 Å². The molecule has 1 N–H and O–H groups in total. The average molecular weight is 508 g/mol. The van der Waals surface area contributed by atoms with E-state index in [0.717, 1.165) is 45.3 Å². The zero-order chi connectivity index (χ0) is 25.5. The summed E-state index contributed by atoms with van der Waals surface area (Å²) in [5.74, 6) is 0.939. The number of benzene rings is 3. The van der Waals surface area contributed by atoms with E-state index in [2.05, 4.69) is 16.0 Å². The van der Waals surface area contributed by atoms with Crippen molar-refractivity contribution in [3.63, 3.8) is 0 Å². The number of para-hydroxylation sites is 2. The monoisotopic (exact) mass is 507 g/mol. The zero-order valence-corrected chi connectivity index (χ0v) is 21.4. The number of fused-ring (bicyclic) bond motifs is 3. The number of aryl methyl sites for hydroxylation is 2. The lowest BCUT2D eigenvalue weighted by molar-refractivity contribution is 0.194. The second-order valence-electron chi connectivity index (χ2n) is 9.27. The Morgan fingerprint density at radius 1 is 0.919 bits per heavy atom. The van der Waals surface area contributed by atoms with Gasteiger partial charge in [0.15, 0.2) is 0 Å². The Hall–Kier alpha value is -4.29. The van der Waals surface area contributed by atoms with Gasteiger partial charge >= 0.3 is 6.03 Å². The first kappa shape index (κ1) is 23.1. The van der Waals surface area contributed by atoms with Crippen molar-refractivity contribution in [2.45, 2.75) is 26.4 Å². The van der Waals surface area contributed by atoms with Crippen molar-refractivity contribution >= 4 is 23.3 Å². The molecule has 6 nitrogen and oxygen atoms in total. The molecule has 0 radical (unpaired) electrons. The fourth-order valence-corrected chi connectivity index (χ4v) is 5.17. The van der Waals surface area contributed by atoms with E-state index < -0.39 is 0 Å². The smallest absolute Gasteiger partial charge is 0.308 e. The van der Waals surface area contributed by atoms with Crippen molar-refractivity contribution in [2.75, 3.05) is 5.32 Å². The lowest BCUT2D eigenvalue weighted by Gasteiger charge is -2.31. The van der Waals surface area contributed by atoms with Crippen LogP contribution >= 0.6 is 11.6 Å². The maximum atomic E-state index is 14.0. The van der Waals surface area contributed by atoms with Crippen molar-refractivity contribution in [3.8, 4) is 11.5 Å². The average Bonchev–Trinajstić information content (AvgIpc) is 3.47. The number of carbonyl (C=O) groups excluding carboxylic acids is 1. The van der Waals surface area contributed by atoms with E-state index >= 15 is 0 Å². The van der Waals surface area contributed by atoms with Crippen LogP contribution in [0.1, 0.15) is 34.1 Å². The molecule has 1 aliphatic heterocycles. The van der Waals surface area contributed by atoms with Gasteiger partial charge in [-0.15, -0.1) is 0 Å². The quantitative estimate of drug-likeness (QED) is 0.284. The summed E-state index contributed by atoms with van der Waals surface area (Å²) in [5.41, 5.74) is 6.59. The minimum absolute atomic E-state index is 0.179. The molecule has 0 fully saturated rings. The largest absolute Gasteiger partial charge is 0.322 e. The summed E-state index contributed by atoms with van der Waals surface area (Å²) in [4.78, 5) is 15.9. The molecule has 1 unspecified atom stereocenters. The summed E-state index contributed by atoms with van der Waals surface area (Å²) >= 11 is 6.24. The van der Waals surface area contributed by atoms with E-state index in [1.807, 2.05) is 115 Å². The zero-order valence-electron chi connectivity index (χ0n) is 20.6. The van der Waals surface area contributed by atoms with Crippen molar-refractivity contribution < 1.29 is 4.79 Å². The maximum absolute atomic E-state index is 14.0. The Morgan fingerprint density at radius 3 is 2.41 bits per heavy atom. The van der Waals surface area contributed by atoms with Gasteiger partial charge in [0.25, 0.3) is 0 Å². The first-order chi connectivity index (χ1) is 18.0. The Kier molecular flexibility index (Phi) is 5.81. The number of anilines is 1. The van der Waals surface area contributed by atoms with Gasteiger partial charge in [-0.2, -0.15) is 5.10 Å². The van der Waals surface area contributed by atoms with Gasteiger partial charge in [-0.1, -0.05) is 60.1 Å². The molecule has 1 atom stereocenters. The summed E-state index contributed by atoms with van der Waals surface area (Å²) in [5, 5.41) is 8.71. The minimum Gasteiger partial charge on any atom is -0.308 e. The minimum atomic E-state index is -0.340. The van der Waals surface area contributed by atoms with Gasteiger partial charge < -0.3 is 14.8 Å². The summed E-state index contributed by atoms with van der Waals surface area (Å²) in [6, 6.07) is 29.2. The molecular weight excluding hydrogens is 482 g/mol. The highest BCUT2D eigenvalue weighted by atomic mass is 35.5. The lowest BCUT2D eigenvalue weighted by atomic mass is 10.0. The molecule has 5 aromatic rings. The van der Waals surface area contributed by atoms with Gasteiger partial charge in [0.05, 0.1) is 29.7 Å². The highest BCUT2D eigenvalue weighted by molar-refractivity contribution is 6.30. The number of amides is 2. The van der Waals surface area contributed by atoms with E-state index in [1.165, 1.54) is 0 Å². The fraction of sp³-hybridized carbons (Fsp3) is 0.133. The Bertz CT molecular complexity index is 1590. The number of halogens is 1. The molecule has 0 aliphatic carbocycles. The Balaban J connectivity index is 1.54. The number of hydrogen-bond acceptors (Lipinski definition) is 2. The van der Waals surface area contributed by atoms with Crippen LogP contribution in [-0.4, -0.2) is 25.3 Å². The summed E-state index contributed by atoms with van der Waals surface area (Å²) < 4.78 is 4.12. The number of urea groups is 1. The van der Waals surface area contributed by atoms with Gasteiger partial charge in [-0.3, -0.25) is 0 Å². The van der Waals surface area contributed by atoms with Crippen molar-refractivity contribution in [1.29, 1.82) is 0 Å². The van der Waals surface area contributed by atoms with Crippen LogP contribution in [-0.2, 0) is 6.54 Å². The third-order valence-electron chi connectivity index (χ3n) is 6.92. The molecule has 0 spiro atoms. The van der Waals surface area contributed by atoms with Crippen LogP contribution in [0, 0.1) is 13.8 Å². The first-order valence-corrected chi connectivity index (χ1v) is 12.6. The van der Waals surface area contributed by atoms with E-state index in [1.54, 1.807) is 0 Å². The third-order valence-corrected chi connectivity index (χ3v) is 7.17. The van der Waals surface area contributed by atoms with Crippen molar-refractivity contribution in [1.82, 2.24) is 19.2 Å². The van der Waals surface area contributed by atoms with E-state index in [9.17, 15) is 4.79 Å². The molecule has 0 saturated carbocycles. The van der Waals surface area contributed by atoms with Gasteiger partial charge in [0.1, 0.15) is 5.82 Å². The first-order valence-electron chi connectivity index (χ1n) is 12.2. The molecule has 184 valence electrons. The summed E-state index contributed by atoms with van der Waals surface area (Å²) in [6.45, 7) is 4.38. The highest BCUT2D eigenvalue weighted by Crippen LogP contribution is 2.39. The maximum Gasteiger partial charge on any atom is 0.322 e. The molecular formula is C30H26ClN5O. The van der Waals surface area contributed by atoms with Gasteiger partial charge in [0.2, 0.25) is 0 Å². The number of carbonyl (C=O) groups is 1. The number of nitrogens with one attached hydrogen (secondary N) is 1. The molecule has 7 heteroatoms. The van der Waals surface area contributed by atoms with E-state index in [0.29, 0.717) is 11.6 Å². The van der Waals surface area contributed by atoms with Gasteiger partial charge in [-0.25, -0.2) is 9.48 Å². The number of aromatic nitrogens is 3. The molecule has 2 amide bonds. The number of hydrogen-bond donors (Lipinski definition) is 1. The van der Waals surface area contributed by atoms with E-state index in [4.69, 9.17) is 16.7 Å². The Morgan fingerprint density at radius 2 is 1.65 bits per heavy atom. The molecule has 6 rings (SSSR count). The van der Waals surface area contributed by atoms with Crippen LogP contribution in [0.15, 0.2) is 97.2 Å². The van der Waals surface area contributed by atoms with Crippen LogP contribution in [0.25, 0.3) is 11.5 Å². The predicted octanol–water partition coefficient (Wildman–Crippen LogP) is 7.07. The second-order valence-corrected chi connectivity index (χ2v) is 9.70. The summed E-state index contributed by atoms with van der Waals surface area (Å²) in [7, 11) is 0. The van der Waals surface area contributed by atoms with Crippen LogP contribution in [0.2, 0.25) is 5.02 Å². The van der Waals surface area contributed by atoms with Gasteiger partial charge in [0, 0.05) is 22.5 Å². The lowest BCUT2D eigenvalue weighted by Crippen LogP contribution is -2.38. The van der Waals surface area contributed by atoms with Gasteiger partial charge in [-0.05, 0) is 67.4 Å². The van der Waals surface area contributed by atoms with Crippen molar-refractivity contribution in [3.05, 3.63) is 130 Å². The van der Waals surface area contributed by atoms with Crippen LogP contribution in [0.5, 0.6) is 0 Å². The molecule has 0 saturated heterocycles. The molecule has 0 bridgehead atoms. The standard InChI is InChI=1S/C30H26ClN5O/c1-20-9-6-7-12-26(20)32-30(37)35-19-25-21(2)33-36(24-10-4-3-5-11-24)29(25)34-18-8-13-27(34)28(35)22-14-16-23(31)17-15-22/h3-18,28H,19H2,1-2H3,(H,32,37). The van der Waals surface area contributed by atoms with Crippen LogP contribution < -0.4 is 5.32 Å². The van der Waals surface area contributed by atoms with Crippen LogP contribution in [0.3, 0.4) is 0 Å². The molecule has 37 heavy (non-hydrogen) atoms. The van der Waals surface area contributed by atoms with Crippen LogP contribution in [0.4, 0.5) is 10.5 Å². The fourth-order valence-electron chi connectivity index (χ4n) is 5.05. The molecule has 1 aliphatic rings. The normalized spacial score (nSPS) is 14.6. The second kappa shape index (κ2) is 9.30. The topological polar surface area (TPSA) is 55.1 Å². The third kappa shape index (κ3) is 4.09. The number of rotatable bonds is 3.